The van der Waals surface area contributed by atoms with Crippen molar-refractivity contribution in [3.8, 4) is 12.3 Å². The molecule has 1 N–H and O–H groups in total. The topological polar surface area (TPSA) is 23.5 Å². The smallest absolute Gasteiger partial charge is 0.129 e. The van der Waals surface area contributed by atoms with Crippen LogP contribution in [0.15, 0.2) is 60.7 Å². The average molecular weight is 279 g/mol. The van der Waals surface area contributed by atoms with Crippen molar-refractivity contribution in [2.45, 2.75) is 32.2 Å². The highest BCUT2D eigenvalue weighted by Gasteiger charge is 2.20. The molecule has 0 aliphatic heterocycles. The van der Waals surface area contributed by atoms with E-state index in [9.17, 15) is 5.11 Å². The van der Waals surface area contributed by atoms with Gasteiger partial charge in [0, 0.05) is 19.1 Å². The number of terminal acetylenes is 1. The molecule has 0 radical (unpaired) electrons. The number of hydrogen-bond acceptors (Lipinski definition) is 2. The fourth-order valence-corrected chi connectivity index (χ4v) is 2.32. The Kier molecular flexibility index (Phi) is 5.57. The van der Waals surface area contributed by atoms with Crippen molar-refractivity contribution in [1.82, 2.24) is 4.90 Å². The van der Waals surface area contributed by atoms with Gasteiger partial charge < -0.3 is 5.11 Å². The Morgan fingerprint density at radius 3 is 1.76 bits per heavy atom. The molecule has 0 aliphatic rings. The number of hydrogen-bond donors (Lipinski definition) is 1. The molecule has 2 aromatic carbocycles. The van der Waals surface area contributed by atoms with Gasteiger partial charge in [-0.25, -0.2) is 0 Å². The van der Waals surface area contributed by atoms with Crippen LogP contribution in [0.5, 0.6) is 0 Å². The number of aliphatic hydroxyl groups is 1. The Hall–Kier alpha value is -2.08. The summed E-state index contributed by atoms with van der Waals surface area (Å²) in [6.07, 6.45) is 4.60. The van der Waals surface area contributed by atoms with Crippen LogP contribution < -0.4 is 0 Å². The molecule has 21 heavy (non-hydrogen) atoms. The van der Waals surface area contributed by atoms with E-state index in [-0.39, 0.29) is 6.04 Å². The van der Waals surface area contributed by atoms with E-state index in [0.29, 0.717) is 0 Å². The highest BCUT2D eigenvalue weighted by atomic mass is 16.3. The molecule has 2 aromatic rings. The van der Waals surface area contributed by atoms with E-state index in [2.05, 4.69) is 35.1 Å². The quantitative estimate of drug-likeness (QED) is 0.821. The fraction of sp³-hybridized carbons (Fsp3) is 0.263. The third-order valence-electron chi connectivity index (χ3n) is 3.66. The lowest BCUT2D eigenvalue weighted by Crippen LogP contribution is -2.40. The average Bonchev–Trinajstić information content (AvgIpc) is 2.54. The predicted octanol–water partition coefficient (Wildman–Crippen LogP) is 3.07. The minimum absolute atomic E-state index is 0.101. The van der Waals surface area contributed by atoms with Crippen LogP contribution in [0.25, 0.3) is 0 Å². The van der Waals surface area contributed by atoms with Crippen LogP contribution in [0.1, 0.15) is 18.1 Å². The highest BCUT2D eigenvalue weighted by molar-refractivity contribution is 5.18. The zero-order valence-electron chi connectivity index (χ0n) is 12.3. The van der Waals surface area contributed by atoms with Gasteiger partial charge in [-0.2, -0.15) is 0 Å². The molecule has 2 atom stereocenters. The fourth-order valence-electron chi connectivity index (χ4n) is 2.32. The first-order valence-corrected chi connectivity index (χ1v) is 7.17. The first kappa shape index (κ1) is 15.3. The van der Waals surface area contributed by atoms with E-state index in [0.717, 1.165) is 13.1 Å². The van der Waals surface area contributed by atoms with Gasteiger partial charge in [0.05, 0.1) is 0 Å². The van der Waals surface area contributed by atoms with Gasteiger partial charge in [-0.05, 0) is 18.1 Å². The molecule has 0 fully saturated rings. The number of rotatable bonds is 6. The van der Waals surface area contributed by atoms with Crippen LogP contribution >= 0.6 is 0 Å². The monoisotopic (exact) mass is 279 g/mol. The maximum Gasteiger partial charge on any atom is 0.129 e. The van der Waals surface area contributed by atoms with E-state index in [4.69, 9.17) is 6.42 Å². The normalized spacial score (nSPS) is 13.6. The van der Waals surface area contributed by atoms with E-state index in [1.54, 1.807) is 0 Å². The molecule has 0 bridgehead atoms. The van der Waals surface area contributed by atoms with Crippen molar-refractivity contribution < 1.29 is 5.11 Å². The van der Waals surface area contributed by atoms with Gasteiger partial charge in [-0.15, -0.1) is 6.42 Å². The Morgan fingerprint density at radius 2 is 1.38 bits per heavy atom. The molecule has 0 saturated heterocycles. The van der Waals surface area contributed by atoms with Crippen molar-refractivity contribution >= 4 is 0 Å². The summed E-state index contributed by atoms with van der Waals surface area (Å²) in [6.45, 7) is 3.49. The van der Waals surface area contributed by atoms with Crippen molar-refractivity contribution in [2.75, 3.05) is 0 Å². The van der Waals surface area contributed by atoms with E-state index in [1.165, 1.54) is 11.1 Å². The van der Waals surface area contributed by atoms with Gasteiger partial charge in [0.1, 0.15) is 6.10 Å². The summed E-state index contributed by atoms with van der Waals surface area (Å²) in [6, 6.07) is 20.4. The summed E-state index contributed by atoms with van der Waals surface area (Å²) < 4.78 is 0. The molecule has 2 heteroatoms. The molecule has 0 unspecified atom stereocenters. The van der Waals surface area contributed by atoms with Crippen molar-refractivity contribution in [1.29, 1.82) is 0 Å². The second kappa shape index (κ2) is 7.64. The molecule has 0 aliphatic carbocycles. The van der Waals surface area contributed by atoms with E-state index >= 15 is 0 Å². The van der Waals surface area contributed by atoms with Crippen LogP contribution in [0.2, 0.25) is 0 Å². The van der Waals surface area contributed by atoms with E-state index in [1.807, 2.05) is 43.3 Å². The second-order valence-electron chi connectivity index (χ2n) is 5.23. The van der Waals surface area contributed by atoms with Crippen LogP contribution in [0, 0.1) is 12.3 Å². The standard InChI is InChI=1S/C19H21NO/c1-3-19(21)16(2)20(14-17-10-6-4-7-11-17)15-18-12-8-5-9-13-18/h1,4-13,16,19,21H,14-15H2,2H3/t16-,19+/m0/s1. The summed E-state index contributed by atoms with van der Waals surface area (Å²) in [7, 11) is 0. The Labute approximate surface area is 127 Å². The van der Waals surface area contributed by atoms with Crippen LogP contribution in [0.3, 0.4) is 0 Å². The molecule has 0 aromatic heterocycles. The Morgan fingerprint density at radius 1 is 0.952 bits per heavy atom. The zero-order valence-corrected chi connectivity index (χ0v) is 12.3. The lowest BCUT2D eigenvalue weighted by Gasteiger charge is -2.30. The highest BCUT2D eigenvalue weighted by Crippen LogP contribution is 2.15. The molecular formula is C19H21NO. The van der Waals surface area contributed by atoms with Gasteiger partial charge in [-0.3, -0.25) is 4.90 Å². The zero-order chi connectivity index (χ0) is 15.1. The number of aliphatic hydroxyl groups excluding tert-OH is 1. The maximum absolute atomic E-state index is 9.98. The third kappa shape index (κ3) is 4.46. The predicted molar refractivity (Wildman–Crippen MR) is 86.4 cm³/mol. The maximum atomic E-state index is 9.98. The molecule has 2 nitrogen and oxygen atoms in total. The summed E-state index contributed by atoms with van der Waals surface area (Å²) in [4.78, 5) is 2.20. The SMILES string of the molecule is C#C[C@@H](O)[C@H](C)N(Cc1ccccc1)Cc1ccccc1. The van der Waals surface area contributed by atoms with Gasteiger partial charge in [-0.1, -0.05) is 66.6 Å². The second-order valence-corrected chi connectivity index (χ2v) is 5.23. The molecule has 108 valence electrons. The summed E-state index contributed by atoms with van der Waals surface area (Å²) >= 11 is 0. The number of nitrogens with zero attached hydrogens (tertiary/aromatic N) is 1. The molecule has 2 rings (SSSR count). The summed E-state index contributed by atoms with van der Waals surface area (Å²) in [5.41, 5.74) is 2.43. The van der Waals surface area contributed by atoms with Crippen LogP contribution in [-0.2, 0) is 13.1 Å². The van der Waals surface area contributed by atoms with Gasteiger partial charge in [0.15, 0.2) is 0 Å². The molecule has 0 saturated carbocycles. The van der Waals surface area contributed by atoms with Crippen molar-refractivity contribution in [2.24, 2.45) is 0 Å². The summed E-state index contributed by atoms with van der Waals surface area (Å²) in [5, 5.41) is 9.98. The first-order valence-electron chi connectivity index (χ1n) is 7.17. The largest absolute Gasteiger partial charge is 0.379 e. The van der Waals surface area contributed by atoms with Gasteiger partial charge in [0.25, 0.3) is 0 Å². The lowest BCUT2D eigenvalue weighted by molar-refractivity contribution is 0.0836. The Bertz CT molecular complexity index is 532. The molecular weight excluding hydrogens is 258 g/mol. The minimum atomic E-state index is -0.766. The van der Waals surface area contributed by atoms with Crippen LogP contribution in [-0.4, -0.2) is 22.2 Å². The molecule has 0 spiro atoms. The number of benzene rings is 2. The van der Waals surface area contributed by atoms with E-state index < -0.39 is 6.10 Å². The van der Waals surface area contributed by atoms with Gasteiger partial charge in [0.2, 0.25) is 0 Å². The summed E-state index contributed by atoms with van der Waals surface area (Å²) in [5.74, 6) is 2.43. The van der Waals surface area contributed by atoms with Crippen molar-refractivity contribution in [3.05, 3.63) is 71.8 Å². The first-order chi connectivity index (χ1) is 10.2. The third-order valence-corrected chi connectivity index (χ3v) is 3.66. The minimum Gasteiger partial charge on any atom is -0.379 e. The van der Waals surface area contributed by atoms with Gasteiger partial charge >= 0.3 is 0 Å². The molecule has 0 amide bonds. The molecule has 0 heterocycles. The van der Waals surface area contributed by atoms with Crippen molar-refractivity contribution in [3.63, 3.8) is 0 Å². The Balaban J connectivity index is 2.16. The van der Waals surface area contributed by atoms with Crippen LogP contribution in [0.4, 0.5) is 0 Å². The lowest BCUT2D eigenvalue weighted by atomic mass is 10.1.